The predicted octanol–water partition coefficient (Wildman–Crippen LogP) is 2.17. The number of halogens is 3. The maximum atomic E-state index is 12.8. The monoisotopic (exact) mass is 221 g/mol. The third-order valence-corrected chi connectivity index (χ3v) is 2.14. The fourth-order valence-electron chi connectivity index (χ4n) is 1.41. The second-order valence-corrected chi connectivity index (χ2v) is 3.05. The molecule has 1 heterocycles. The van der Waals surface area contributed by atoms with Crippen LogP contribution < -0.4 is 10.5 Å². The summed E-state index contributed by atoms with van der Waals surface area (Å²) in [5.74, 6) is -1.41. The molecule has 5 heteroatoms. The van der Waals surface area contributed by atoms with Gasteiger partial charge in [0.15, 0.2) is 11.6 Å². The topological polar surface area (TPSA) is 35.2 Å². The molecule has 2 N–H and O–H groups in total. The zero-order valence-corrected chi connectivity index (χ0v) is 8.11. The summed E-state index contributed by atoms with van der Waals surface area (Å²) in [6.45, 7) is 0.458. The van der Waals surface area contributed by atoms with E-state index in [1.54, 1.807) is 0 Å². The van der Waals surface area contributed by atoms with Crippen molar-refractivity contribution < 1.29 is 13.5 Å². The Morgan fingerprint density at radius 3 is 2.64 bits per heavy atom. The van der Waals surface area contributed by atoms with Gasteiger partial charge < -0.3 is 10.5 Å². The van der Waals surface area contributed by atoms with Crippen LogP contribution in [0.1, 0.15) is 18.0 Å². The SMILES string of the molecule is Cl.NC1CCOc2cc(F)c(F)cc21. The molecule has 0 amide bonds. The first-order chi connectivity index (χ1) is 6.18. The zero-order valence-electron chi connectivity index (χ0n) is 7.30. The van der Waals surface area contributed by atoms with E-state index in [2.05, 4.69) is 0 Å². The predicted molar refractivity (Wildman–Crippen MR) is 50.6 cm³/mol. The van der Waals surface area contributed by atoms with Gasteiger partial charge in [-0.1, -0.05) is 0 Å². The molecule has 14 heavy (non-hydrogen) atoms. The molecule has 1 aliphatic rings. The summed E-state index contributed by atoms with van der Waals surface area (Å²) in [7, 11) is 0. The zero-order chi connectivity index (χ0) is 9.42. The minimum atomic E-state index is -0.896. The van der Waals surface area contributed by atoms with Gasteiger partial charge in [0.05, 0.1) is 6.61 Å². The van der Waals surface area contributed by atoms with Gasteiger partial charge >= 0.3 is 0 Å². The second-order valence-electron chi connectivity index (χ2n) is 3.05. The van der Waals surface area contributed by atoms with Crippen molar-refractivity contribution in [2.24, 2.45) is 5.73 Å². The fourth-order valence-corrected chi connectivity index (χ4v) is 1.41. The Morgan fingerprint density at radius 1 is 1.29 bits per heavy atom. The molecule has 2 rings (SSSR count). The minimum Gasteiger partial charge on any atom is -0.493 e. The highest BCUT2D eigenvalue weighted by molar-refractivity contribution is 5.85. The summed E-state index contributed by atoms with van der Waals surface area (Å²) >= 11 is 0. The molecule has 1 aliphatic heterocycles. The maximum absolute atomic E-state index is 12.8. The second kappa shape index (κ2) is 4.11. The van der Waals surface area contributed by atoms with Crippen molar-refractivity contribution >= 4 is 12.4 Å². The van der Waals surface area contributed by atoms with Crippen molar-refractivity contribution in [3.63, 3.8) is 0 Å². The van der Waals surface area contributed by atoms with Crippen LogP contribution in [-0.4, -0.2) is 6.61 Å². The molecule has 0 bridgehead atoms. The number of fused-ring (bicyclic) bond motifs is 1. The molecule has 0 aliphatic carbocycles. The largest absolute Gasteiger partial charge is 0.493 e. The lowest BCUT2D eigenvalue weighted by Crippen LogP contribution is -2.21. The van der Waals surface area contributed by atoms with E-state index in [9.17, 15) is 8.78 Å². The standard InChI is InChI=1S/C9H9F2NO.ClH/c10-6-3-5-8(12)1-2-13-9(5)4-7(6)11;/h3-4,8H,1-2,12H2;1H. The Morgan fingerprint density at radius 2 is 1.93 bits per heavy atom. The van der Waals surface area contributed by atoms with Gasteiger partial charge in [-0.05, 0) is 6.07 Å². The lowest BCUT2D eigenvalue weighted by Gasteiger charge is -2.22. The molecule has 1 aromatic carbocycles. The number of benzene rings is 1. The molecular weight excluding hydrogens is 212 g/mol. The highest BCUT2D eigenvalue weighted by Gasteiger charge is 2.20. The van der Waals surface area contributed by atoms with Crippen molar-refractivity contribution in [1.82, 2.24) is 0 Å². The molecule has 1 aromatic rings. The smallest absolute Gasteiger partial charge is 0.162 e. The van der Waals surface area contributed by atoms with Crippen molar-refractivity contribution in [2.75, 3.05) is 6.61 Å². The Bertz CT molecular complexity index is 346. The Hall–Kier alpha value is -0.870. The Labute approximate surface area is 86.5 Å². The summed E-state index contributed by atoms with van der Waals surface area (Å²) in [6.07, 6.45) is 0.637. The quantitative estimate of drug-likeness (QED) is 0.729. The van der Waals surface area contributed by atoms with Crippen LogP contribution >= 0.6 is 12.4 Å². The van der Waals surface area contributed by atoms with E-state index < -0.39 is 11.6 Å². The summed E-state index contributed by atoms with van der Waals surface area (Å²) in [6, 6.07) is 1.90. The first-order valence-corrected chi connectivity index (χ1v) is 4.06. The van der Waals surface area contributed by atoms with Crippen LogP contribution in [0, 0.1) is 11.6 Å². The third kappa shape index (κ3) is 1.81. The molecule has 0 spiro atoms. The van der Waals surface area contributed by atoms with Crippen LogP contribution in [0.15, 0.2) is 12.1 Å². The summed E-state index contributed by atoms with van der Waals surface area (Å²) in [4.78, 5) is 0. The van der Waals surface area contributed by atoms with Gasteiger partial charge in [-0.15, -0.1) is 12.4 Å². The number of hydrogen-bond donors (Lipinski definition) is 1. The van der Waals surface area contributed by atoms with Crippen LogP contribution in [0.25, 0.3) is 0 Å². The van der Waals surface area contributed by atoms with E-state index in [-0.39, 0.29) is 18.4 Å². The molecule has 0 saturated heterocycles. The molecule has 0 fully saturated rings. The average Bonchev–Trinajstić information content (AvgIpc) is 2.09. The van der Waals surface area contributed by atoms with E-state index in [0.717, 1.165) is 12.1 Å². The van der Waals surface area contributed by atoms with Crippen molar-refractivity contribution in [2.45, 2.75) is 12.5 Å². The van der Waals surface area contributed by atoms with Gasteiger partial charge in [0.2, 0.25) is 0 Å². The Kier molecular flexibility index (Phi) is 3.29. The van der Waals surface area contributed by atoms with E-state index in [1.807, 2.05) is 0 Å². The van der Waals surface area contributed by atoms with Crippen molar-refractivity contribution in [3.8, 4) is 5.75 Å². The normalized spacial score (nSPS) is 19.2. The highest BCUT2D eigenvalue weighted by Crippen LogP contribution is 2.31. The molecule has 1 atom stereocenters. The fraction of sp³-hybridized carbons (Fsp3) is 0.333. The van der Waals surface area contributed by atoms with Gasteiger partial charge in [-0.2, -0.15) is 0 Å². The van der Waals surface area contributed by atoms with Crippen molar-refractivity contribution in [1.29, 1.82) is 0 Å². The molecule has 0 aromatic heterocycles. The van der Waals surface area contributed by atoms with E-state index in [1.165, 1.54) is 0 Å². The minimum absolute atomic E-state index is 0. The number of rotatable bonds is 0. The van der Waals surface area contributed by atoms with E-state index in [4.69, 9.17) is 10.5 Å². The third-order valence-electron chi connectivity index (χ3n) is 2.14. The molecule has 1 unspecified atom stereocenters. The molecular formula is C9H10ClF2NO. The molecule has 0 radical (unpaired) electrons. The van der Waals surface area contributed by atoms with E-state index in [0.29, 0.717) is 24.3 Å². The maximum Gasteiger partial charge on any atom is 0.162 e. The number of hydrogen-bond acceptors (Lipinski definition) is 2. The van der Waals surface area contributed by atoms with E-state index >= 15 is 0 Å². The average molecular weight is 222 g/mol. The van der Waals surface area contributed by atoms with Gasteiger partial charge in [0, 0.05) is 24.1 Å². The van der Waals surface area contributed by atoms with Crippen LogP contribution in [-0.2, 0) is 0 Å². The summed E-state index contributed by atoms with van der Waals surface area (Å²) < 4.78 is 30.7. The van der Waals surface area contributed by atoms with Crippen LogP contribution in [0.4, 0.5) is 8.78 Å². The van der Waals surface area contributed by atoms with Crippen LogP contribution in [0.2, 0.25) is 0 Å². The number of ether oxygens (including phenoxy) is 1. The summed E-state index contributed by atoms with van der Waals surface area (Å²) in [5.41, 5.74) is 6.24. The molecule has 2 nitrogen and oxygen atoms in total. The van der Waals surface area contributed by atoms with Crippen LogP contribution in [0.5, 0.6) is 5.75 Å². The van der Waals surface area contributed by atoms with Gasteiger partial charge in [-0.25, -0.2) is 8.78 Å². The summed E-state index contributed by atoms with van der Waals surface area (Å²) in [5, 5.41) is 0. The van der Waals surface area contributed by atoms with Gasteiger partial charge in [0.1, 0.15) is 5.75 Å². The molecule has 78 valence electrons. The van der Waals surface area contributed by atoms with Gasteiger partial charge in [0.25, 0.3) is 0 Å². The lowest BCUT2D eigenvalue weighted by molar-refractivity contribution is 0.265. The van der Waals surface area contributed by atoms with Gasteiger partial charge in [-0.3, -0.25) is 0 Å². The molecule has 0 saturated carbocycles. The first kappa shape index (κ1) is 11.2. The first-order valence-electron chi connectivity index (χ1n) is 4.06. The highest BCUT2D eigenvalue weighted by atomic mass is 35.5. The van der Waals surface area contributed by atoms with Crippen molar-refractivity contribution in [3.05, 3.63) is 29.3 Å². The number of nitrogens with two attached hydrogens (primary N) is 1. The lowest BCUT2D eigenvalue weighted by atomic mass is 10.0. The van der Waals surface area contributed by atoms with Crippen LogP contribution in [0.3, 0.4) is 0 Å². The Balaban J connectivity index is 0.000000980.